The summed E-state index contributed by atoms with van der Waals surface area (Å²) in [5.74, 6) is 0.411. The van der Waals surface area contributed by atoms with E-state index in [1.807, 2.05) is 43.3 Å². The fourth-order valence-corrected chi connectivity index (χ4v) is 2.24. The molecule has 0 atom stereocenters. The first kappa shape index (κ1) is 15.7. The SMILES string of the molecule is CCOc1ccccc1NC(=O)c1ccc(-c2ccccn2)nc1. The summed E-state index contributed by atoms with van der Waals surface area (Å²) in [4.78, 5) is 21.0. The second kappa shape index (κ2) is 7.37. The molecule has 5 nitrogen and oxygen atoms in total. The number of hydrogen-bond donors (Lipinski definition) is 1. The van der Waals surface area contributed by atoms with Gasteiger partial charge in [0.2, 0.25) is 0 Å². The molecule has 0 aliphatic carbocycles. The summed E-state index contributed by atoms with van der Waals surface area (Å²) in [6, 6.07) is 16.5. The lowest BCUT2D eigenvalue weighted by Crippen LogP contribution is -2.13. The van der Waals surface area contributed by atoms with E-state index in [0.29, 0.717) is 23.6 Å². The van der Waals surface area contributed by atoms with Crippen LogP contribution in [0.5, 0.6) is 5.75 Å². The molecule has 0 saturated carbocycles. The van der Waals surface area contributed by atoms with Gasteiger partial charge in [-0.05, 0) is 43.3 Å². The number of amides is 1. The highest BCUT2D eigenvalue weighted by molar-refractivity contribution is 6.04. The maximum atomic E-state index is 12.4. The number of benzene rings is 1. The molecule has 0 aliphatic heterocycles. The molecule has 2 heterocycles. The maximum absolute atomic E-state index is 12.4. The smallest absolute Gasteiger partial charge is 0.257 e. The van der Waals surface area contributed by atoms with E-state index in [-0.39, 0.29) is 5.91 Å². The van der Waals surface area contributed by atoms with Gasteiger partial charge in [0.1, 0.15) is 5.75 Å². The molecule has 3 aromatic rings. The summed E-state index contributed by atoms with van der Waals surface area (Å²) in [6.07, 6.45) is 3.25. The second-order valence-electron chi connectivity index (χ2n) is 5.03. The van der Waals surface area contributed by atoms with Crippen molar-refractivity contribution in [3.8, 4) is 17.1 Å². The summed E-state index contributed by atoms with van der Waals surface area (Å²) >= 11 is 0. The van der Waals surface area contributed by atoms with Crippen molar-refractivity contribution in [2.45, 2.75) is 6.92 Å². The van der Waals surface area contributed by atoms with Crippen molar-refractivity contribution >= 4 is 11.6 Å². The third kappa shape index (κ3) is 3.57. The highest BCUT2D eigenvalue weighted by Crippen LogP contribution is 2.24. The Kier molecular flexibility index (Phi) is 4.81. The molecule has 1 N–H and O–H groups in total. The van der Waals surface area contributed by atoms with Gasteiger partial charge < -0.3 is 10.1 Å². The number of rotatable bonds is 5. The highest BCUT2D eigenvalue weighted by atomic mass is 16.5. The van der Waals surface area contributed by atoms with Crippen molar-refractivity contribution in [3.63, 3.8) is 0 Å². The Morgan fingerprint density at radius 2 is 1.79 bits per heavy atom. The van der Waals surface area contributed by atoms with Crippen LogP contribution in [-0.2, 0) is 0 Å². The van der Waals surface area contributed by atoms with Crippen LogP contribution in [0, 0.1) is 0 Å². The molecule has 3 rings (SSSR count). The van der Waals surface area contributed by atoms with Crippen LogP contribution in [0.15, 0.2) is 67.0 Å². The number of carbonyl (C=O) groups excluding carboxylic acids is 1. The maximum Gasteiger partial charge on any atom is 0.257 e. The van der Waals surface area contributed by atoms with Crippen LogP contribution in [0.25, 0.3) is 11.4 Å². The molecule has 0 spiro atoms. The molecule has 0 fully saturated rings. The molecule has 1 amide bonds. The zero-order valence-electron chi connectivity index (χ0n) is 13.3. The lowest BCUT2D eigenvalue weighted by molar-refractivity contribution is 0.102. The van der Waals surface area contributed by atoms with E-state index >= 15 is 0 Å². The lowest BCUT2D eigenvalue weighted by Gasteiger charge is -2.11. The van der Waals surface area contributed by atoms with Gasteiger partial charge in [0, 0.05) is 12.4 Å². The summed E-state index contributed by atoms with van der Waals surface area (Å²) in [6.45, 7) is 2.44. The van der Waals surface area contributed by atoms with Gasteiger partial charge in [-0.2, -0.15) is 0 Å². The van der Waals surface area contributed by atoms with Crippen LogP contribution in [-0.4, -0.2) is 22.5 Å². The first-order chi connectivity index (χ1) is 11.8. The van der Waals surface area contributed by atoms with Crippen molar-refractivity contribution in [3.05, 3.63) is 72.6 Å². The van der Waals surface area contributed by atoms with Crippen LogP contribution >= 0.6 is 0 Å². The lowest BCUT2D eigenvalue weighted by atomic mass is 10.2. The average molecular weight is 319 g/mol. The molecular formula is C19H17N3O2. The van der Waals surface area contributed by atoms with E-state index in [2.05, 4.69) is 15.3 Å². The van der Waals surface area contributed by atoms with E-state index in [1.54, 1.807) is 30.6 Å². The molecule has 0 saturated heterocycles. The predicted octanol–water partition coefficient (Wildman–Crippen LogP) is 3.79. The molecule has 2 aromatic heterocycles. The summed E-state index contributed by atoms with van der Waals surface area (Å²) in [5.41, 5.74) is 2.60. The van der Waals surface area contributed by atoms with Crippen LogP contribution < -0.4 is 10.1 Å². The average Bonchev–Trinajstić information content (AvgIpc) is 2.64. The number of nitrogens with zero attached hydrogens (tertiary/aromatic N) is 2. The molecule has 5 heteroatoms. The number of carbonyl (C=O) groups is 1. The van der Waals surface area contributed by atoms with Crippen molar-refractivity contribution in [1.29, 1.82) is 0 Å². The van der Waals surface area contributed by atoms with Gasteiger partial charge in [0.25, 0.3) is 5.91 Å². The van der Waals surface area contributed by atoms with Gasteiger partial charge in [0.15, 0.2) is 0 Å². The number of anilines is 1. The Labute approximate surface area is 140 Å². The molecule has 0 aliphatic rings. The number of nitrogens with one attached hydrogen (secondary N) is 1. The molecule has 120 valence electrons. The number of pyridine rings is 2. The van der Waals surface area contributed by atoms with E-state index in [9.17, 15) is 4.79 Å². The zero-order chi connectivity index (χ0) is 16.8. The van der Waals surface area contributed by atoms with Crippen molar-refractivity contribution in [2.24, 2.45) is 0 Å². The van der Waals surface area contributed by atoms with Crippen molar-refractivity contribution < 1.29 is 9.53 Å². The molecule has 0 radical (unpaired) electrons. The van der Waals surface area contributed by atoms with Crippen LogP contribution in [0.3, 0.4) is 0 Å². The zero-order valence-corrected chi connectivity index (χ0v) is 13.3. The Bertz CT molecular complexity index is 818. The fourth-order valence-electron chi connectivity index (χ4n) is 2.24. The number of hydrogen-bond acceptors (Lipinski definition) is 4. The van der Waals surface area contributed by atoms with E-state index in [1.165, 1.54) is 0 Å². The minimum absolute atomic E-state index is 0.234. The third-order valence-corrected chi connectivity index (χ3v) is 3.39. The third-order valence-electron chi connectivity index (χ3n) is 3.39. The molecule has 1 aromatic carbocycles. The molecule has 24 heavy (non-hydrogen) atoms. The van der Waals surface area contributed by atoms with Crippen LogP contribution in [0.2, 0.25) is 0 Å². The largest absolute Gasteiger partial charge is 0.492 e. The van der Waals surface area contributed by atoms with Gasteiger partial charge in [0.05, 0.1) is 29.2 Å². The molecule has 0 bridgehead atoms. The summed E-state index contributed by atoms with van der Waals surface area (Å²) < 4.78 is 5.51. The molecular weight excluding hydrogens is 302 g/mol. The van der Waals surface area contributed by atoms with Crippen LogP contribution in [0.4, 0.5) is 5.69 Å². The van der Waals surface area contributed by atoms with Gasteiger partial charge in [-0.3, -0.25) is 14.8 Å². The Morgan fingerprint density at radius 3 is 2.50 bits per heavy atom. The Morgan fingerprint density at radius 1 is 1.00 bits per heavy atom. The van der Waals surface area contributed by atoms with E-state index in [0.717, 1.165) is 11.4 Å². The normalized spacial score (nSPS) is 10.2. The summed E-state index contributed by atoms with van der Waals surface area (Å²) in [7, 11) is 0. The number of para-hydroxylation sites is 2. The van der Waals surface area contributed by atoms with Crippen LogP contribution in [0.1, 0.15) is 17.3 Å². The Hall–Kier alpha value is -3.21. The first-order valence-corrected chi connectivity index (χ1v) is 7.68. The standard InChI is InChI=1S/C19H17N3O2/c1-2-24-18-9-4-3-8-17(18)22-19(23)14-10-11-16(21-13-14)15-7-5-6-12-20-15/h3-13H,2H2,1H3,(H,22,23). The summed E-state index contributed by atoms with van der Waals surface area (Å²) in [5, 5.41) is 2.85. The topological polar surface area (TPSA) is 64.1 Å². The Balaban J connectivity index is 1.76. The monoisotopic (exact) mass is 319 g/mol. The van der Waals surface area contributed by atoms with Gasteiger partial charge in [-0.25, -0.2) is 0 Å². The quantitative estimate of drug-likeness (QED) is 0.777. The van der Waals surface area contributed by atoms with Crippen molar-refractivity contribution in [1.82, 2.24) is 9.97 Å². The van der Waals surface area contributed by atoms with Crippen molar-refractivity contribution in [2.75, 3.05) is 11.9 Å². The van der Waals surface area contributed by atoms with E-state index < -0.39 is 0 Å². The molecule has 0 unspecified atom stereocenters. The predicted molar refractivity (Wildman–Crippen MR) is 93.0 cm³/mol. The first-order valence-electron chi connectivity index (χ1n) is 7.68. The highest BCUT2D eigenvalue weighted by Gasteiger charge is 2.10. The minimum atomic E-state index is -0.234. The van der Waals surface area contributed by atoms with E-state index in [4.69, 9.17) is 4.74 Å². The van der Waals surface area contributed by atoms with Gasteiger partial charge in [-0.1, -0.05) is 18.2 Å². The minimum Gasteiger partial charge on any atom is -0.492 e. The second-order valence-corrected chi connectivity index (χ2v) is 5.03. The number of ether oxygens (including phenoxy) is 1. The fraction of sp³-hybridized carbons (Fsp3) is 0.105. The van der Waals surface area contributed by atoms with Gasteiger partial charge >= 0.3 is 0 Å². The van der Waals surface area contributed by atoms with Gasteiger partial charge in [-0.15, -0.1) is 0 Å². The number of aromatic nitrogens is 2.